The van der Waals surface area contributed by atoms with Crippen LogP contribution < -0.4 is 5.48 Å². The molecule has 0 saturated carbocycles. The summed E-state index contributed by atoms with van der Waals surface area (Å²) in [4.78, 5) is 26.4. The molecule has 1 aromatic heterocycles. The molecule has 2 aromatic rings. The molecule has 9 nitrogen and oxygen atoms in total. The van der Waals surface area contributed by atoms with E-state index in [1.165, 1.54) is 30.5 Å². The first kappa shape index (κ1) is 30.2. The summed E-state index contributed by atoms with van der Waals surface area (Å²) in [5, 5.41) is 0. The van der Waals surface area contributed by atoms with Gasteiger partial charge >= 0.3 is 12.1 Å². The van der Waals surface area contributed by atoms with Gasteiger partial charge in [0.2, 0.25) is 0 Å². The highest BCUT2D eigenvalue weighted by molar-refractivity contribution is 7.93. The normalized spacial score (nSPS) is 20.2. The number of carbonyl (C=O) groups excluding carboxylic acids is 1. The second kappa shape index (κ2) is 12.0. The lowest BCUT2D eigenvalue weighted by Gasteiger charge is -2.35. The fourth-order valence-corrected chi connectivity index (χ4v) is 6.36. The monoisotopic (exact) mass is 593 g/mol. The first-order chi connectivity index (χ1) is 18.9. The number of aryl methyl sites for hydroxylation is 1. The predicted molar refractivity (Wildman–Crippen MR) is 130 cm³/mol. The van der Waals surface area contributed by atoms with Crippen LogP contribution >= 0.6 is 0 Å². The number of rotatable bonds is 9. The van der Waals surface area contributed by atoms with Gasteiger partial charge in [-0.05, 0) is 44.2 Å². The molecule has 1 atom stereocenters. The van der Waals surface area contributed by atoms with Crippen LogP contribution in [0.1, 0.15) is 44.2 Å². The Hall–Kier alpha value is -2.75. The number of sulfone groups is 1. The SMILES string of the molecule is O=C(NOC1CCCCO1)C1(S(=O)(=O)c2ccc(-c3cnc(CCC(F)(F)C(F)(F)F)cn3)cc2)CCOCC1. The molecule has 0 bridgehead atoms. The quantitative estimate of drug-likeness (QED) is 0.340. The van der Waals surface area contributed by atoms with Crippen molar-refractivity contribution in [2.75, 3.05) is 19.8 Å². The molecule has 1 N–H and O–H groups in total. The van der Waals surface area contributed by atoms with Crippen LogP contribution in [0.15, 0.2) is 41.6 Å². The molecule has 1 amide bonds. The minimum absolute atomic E-state index is 0.0554. The van der Waals surface area contributed by atoms with Crippen molar-refractivity contribution in [2.24, 2.45) is 0 Å². The fraction of sp³-hybridized carbons (Fsp3) is 0.560. The van der Waals surface area contributed by atoms with Gasteiger partial charge in [-0.2, -0.15) is 22.0 Å². The summed E-state index contributed by atoms with van der Waals surface area (Å²) in [6.45, 7) is 0.592. The van der Waals surface area contributed by atoms with Crippen molar-refractivity contribution in [1.82, 2.24) is 15.4 Å². The second-order valence-corrected chi connectivity index (χ2v) is 11.8. The topological polar surface area (TPSA) is 117 Å². The molecule has 2 aliphatic heterocycles. The molecule has 220 valence electrons. The van der Waals surface area contributed by atoms with E-state index < -0.39 is 51.7 Å². The number of hydroxylamine groups is 1. The summed E-state index contributed by atoms with van der Waals surface area (Å²) < 4.78 is 99.9. The zero-order chi connectivity index (χ0) is 29.0. The van der Waals surface area contributed by atoms with Gasteiger partial charge in [-0.15, -0.1) is 0 Å². The molecule has 0 aliphatic carbocycles. The third-order valence-corrected chi connectivity index (χ3v) is 9.44. The van der Waals surface area contributed by atoms with Crippen LogP contribution in [0.3, 0.4) is 0 Å². The van der Waals surface area contributed by atoms with E-state index in [9.17, 15) is 35.2 Å². The smallest absolute Gasteiger partial charge is 0.381 e. The third kappa shape index (κ3) is 6.42. The standard InChI is InChI=1S/C25H28F5N3O6S/c26-24(27,25(28,29)30)9-8-18-15-32-20(16-31-18)17-4-6-19(7-5-17)40(35,36)23(10-13-37-14-11-23)22(34)33-39-21-3-1-2-12-38-21/h4-7,15-16,21H,1-3,8-14H2,(H,33,34). The van der Waals surface area contributed by atoms with E-state index in [2.05, 4.69) is 15.4 Å². The third-order valence-electron chi connectivity index (χ3n) is 6.93. The summed E-state index contributed by atoms with van der Waals surface area (Å²) in [5.41, 5.74) is 2.89. The average Bonchev–Trinajstić information content (AvgIpc) is 2.95. The highest BCUT2D eigenvalue weighted by atomic mass is 32.2. The number of halogens is 5. The van der Waals surface area contributed by atoms with E-state index in [0.29, 0.717) is 18.6 Å². The Morgan fingerprint density at radius 1 is 1.02 bits per heavy atom. The Morgan fingerprint density at radius 3 is 2.30 bits per heavy atom. The average molecular weight is 594 g/mol. The molecule has 2 fully saturated rings. The lowest BCUT2D eigenvalue weighted by atomic mass is 9.98. The van der Waals surface area contributed by atoms with E-state index >= 15 is 0 Å². The van der Waals surface area contributed by atoms with Crippen LogP contribution in [-0.4, -0.2) is 67.2 Å². The maximum atomic E-state index is 13.7. The van der Waals surface area contributed by atoms with Crippen molar-refractivity contribution in [3.63, 3.8) is 0 Å². The van der Waals surface area contributed by atoms with Crippen LogP contribution in [0.2, 0.25) is 0 Å². The van der Waals surface area contributed by atoms with Gasteiger partial charge in [-0.1, -0.05) is 12.1 Å². The Kier molecular flexibility index (Phi) is 9.07. The molecule has 40 heavy (non-hydrogen) atoms. The van der Waals surface area contributed by atoms with E-state index in [-0.39, 0.29) is 42.3 Å². The van der Waals surface area contributed by atoms with Gasteiger partial charge in [0.1, 0.15) is 0 Å². The van der Waals surface area contributed by atoms with E-state index in [1.807, 2.05) is 0 Å². The number of ether oxygens (including phenoxy) is 2. The maximum Gasteiger partial charge on any atom is 0.453 e. The van der Waals surface area contributed by atoms with Crippen molar-refractivity contribution in [3.8, 4) is 11.3 Å². The van der Waals surface area contributed by atoms with E-state index in [4.69, 9.17) is 14.3 Å². The largest absolute Gasteiger partial charge is 0.453 e. The number of nitrogens with one attached hydrogen (secondary N) is 1. The molecule has 2 aliphatic rings. The zero-order valence-electron chi connectivity index (χ0n) is 21.3. The van der Waals surface area contributed by atoms with E-state index in [1.54, 1.807) is 0 Å². The molecule has 3 heterocycles. The van der Waals surface area contributed by atoms with Gasteiger partial charge in [-0.25, -0.2) is 18.7 Å². The lowest BCUT2D eigenvalue weighted by molar-refractivity contribution is -0.284. The zero-order valence-corrected chi connectivity index (χ0v) is 22.1. The van der Waals surface area contributed by atoms with Gasteiger partial charge in [0, 0.05) is 44.4 Å². The van der Waals surface area contributed by atoms with Crippen molar-refractivity contribution in [3.05, 3.63) is 42.4 Å². The first-order valence-corrected chi connectivity index (χ1v) is 14.1. The fourth-order valence-electron chi connectivity index (χ4n) is 4.43. The van der Waals surface area contributed by atoms with Crippen molar-refractivity contribution < 1.29 is 49.5 Å². The van der Waals surface area contributed by atoms with Gasteiger partial charge in [0.15, 0.2) is 20.9 Å². The highest BCUT2D eigenvalue weighted by Crippen LogP contribution is 2.39. The van der Waals surface area contributed by atoms with Crippen LogP contribution in [0.25, 0.3) is 11.3 Å². The molecule has 0 spiro atoms. The molecular weight excluding hydrogens is 565 g/mol. The minimum atomic E-state index is -5.65. The summed E-state index contributed by atoms with van der Waals surface area (Å²) in [6, 6.07) is 5.48. The maximum absolute atomic E-state index is 13.7. The number of hydrogen-bond donors (Lipinski definition) is 1. The van der Waals surface area contributed by atoms with Crippen molar-refractivity contribution in [2.45, 2.75) is 73.0 Å². The number of benzene rings is 1. The van der Waals surface area contributed by atoms with Crippen molar-refractivity contribution >= 4 is 15.7 Å². The number of nitrogens with zero attached hydrogens (tertiary/aromatic N) is 2. The van der Waals surface area contributed by atoms with Crippen LogP contribution in [-0.2, 0) is 35.4 Å². The number of aromatic nitrogens is 2. The molecule has 15 heteroatoms. The summed E-state index contributed by atoms with van der Waals surface area (Å²) in [5.74, 6) is -5.66. The second-order valence-electron chi connectivity index (χ2n) is 9.57. The molecule has 1 aromatic carbocycles. The van der Waals surface area contributed by atoms with Gasteiger partial charge in [0.25, 0.3) is 5.91 Å². The molecular formula is C25H28F5N3O6S. The Morgan fingerprint density at radius 2 is 1.73 bits per heavy atom. The van der Waals surface area contributed by atoms with Gasteiger partial charge in [-0.3, -0.25) is 14.8 Å². The molecule has 0 radical (unpaired) electrons. The summed E-state index contributed by atoms with van der Waals surface area (Å²) >= 11 is 0. The van der Waals surface area contributed by atoms with Gasteiger partial charge < -0.3 is 9.47 Å². The Labute approximate surface area is 227 Å². The number of hydrogen-bond acceptors (Lipinski definition) is 8. The van der Waals surface area contributed by atoms with Crippen LogP contribution in [0.4, 0.5) is 22.0 Å². The number of alkyl halides is 5. The van der Waals surface area contributed by atoms with Crippen molar-refractivity contribution in [1.29, 1.82) is 0 Å². The molecule has 2 saturated heterocycles. The Balaban J connectivity index is 1.47. The van der Waals surface area contributed by atoms with Gasteiger partial charge in [0.05, 0.1) is 22.5 Å². The number of carbonyl (C=O) groups is 1. The van der Waals surface area contributed by atoms with E-state index in [0.717, 1.165) is 19.0 Å². The summed E-state index contributed by atoms with van der Waals surface area (Å²) in [6.07, 6.45) is -4.01. The predicted octanol–water partition coefficient (Wildman–Crippen LogP) is 4.17. The first-order valence-electron chi connectivity index (χ1n) is 12.6. The van der Waals surface area contributed by atoms with Crippen LogP contribution in [0.5, 0.6) is 0 Å². The molecule has 1 unspecified atom stereocenters. The number of amides is 1. The lowest BCUT2D eigenvalue weighted by Crippen LogP contribution is -2.56. The van der Waals surface area contributed by atoms with Crippen LogP contribution in [0, 0.1) is 0 Å². The highest BCUT2D eigenvalue weighted by Gasteiger charge is 2.56. The minimum Gasteiger partial charge on any atom is -0.381 e. The Bertz CT molecular complexity index is 1260. The summed E-state index contributed by atoms with van der Waals surface area (Å²) in [7, 11) is -4.23. The molecule has 4 rings (SSSR count).